The highest BCUT2D eigenvalue weighted by molar-refractivity contribution is 5.19. The van der Waals surface area contributed by atoms with Crippen molar-refractivity contribution in [3.63, 3.8) is 0 Å². The molecule has 0 aliphatic heterocycles. The molecular weight excluding hydrogens is 186 g/mol. The molecule has 0 saturated carbocycles. The number of hydrogen-bond acceptors (Lipinski definition) is 2. The fourth-order valence-electron chi connectivity index (χ4n) is 2.18. The third-order valence-corrected chi connectivity index (χ3v) is 2.73. The van der Waals surface area contributed by atoms with E-state index in [9.17, 15) is 0 Å². The molecule has 0 bridgehead atoms. The lowest BCUT2D eigenvalue weighted by molar-refractivity contribution is 0.363. The minimum atomic E-state index is 0.500. The van der Waals surface area contributed by atoms with Crippen molar-refractivity contribution in [1.82, 2.24) is 4.98 Å². The molecule has 1 aromatic rings. The van der Waals surface area contributed by atoms with E-state index in [1.54, 1.807) is 7.11 Å². The summed E-state index contributed by atoms with van der Waals surface area (Å²) in [7, 11) is 1.66. The summed E-state index contributed by atoms with van der Waals surface area (Å²) >= 11 is 0. The van der Waals surface area contributed by atoms with E-state index in [0.717, 1.165) is 5.69 Å². The van der Waals surface area contributed by atoms with Gasteiger partial charge in [-0.15, -0.1) is 0 Å². The summed E-state index contributed by atoms with van der Waals surface area (Å²) in [5, 5.41) is 0. The van der Waals surface area contributed by atoms with Crippen LogP contribution in [0, 0.1) is 11.8 Å². The van der Waals surface area contributed by atoms with Crippen molar-refractivity contribution in [1.29, 1.82) is 0 Å². The van der Waals surface area contributed by atoms with Crippen LogP contribution in [0.1, 0.15) is 39.3 Å². The zero-order valence-corrected chi connectivity index (χ0v) is 10.3. The second-order valence-electron chi connectivity index (χ2n) is 4.62. The monoisotopic (exact) mass is 207 g/mol. The van der Waals surface area contributed by atoms with E-state index < -0.39 is 0 Å². The summed E-state index contributed by atoms with van der Waals surface area (Å²) in [5.41, 5.74) is 1.14. The Morgan fingerprint density at radius 3 is 2.13 bits per heavy atom. The number of aromatic nitrogens is 1. The number of methoxy groups -OCH3 is 1. The fraction of sp³-hybridized carbons (Fsp3) is 0.615. The first-order chi connectivity index (χ1) is 7.06. The molecule has 1 aromatic heterocycles. The van der Waals surface area contributed by atoms with Crippen LogP contribution in [0.4, 0.5) is 0 Å². The first-order valence-electron chi connectivity index (χ1n) is 5.57. The highest BCUT2D eigenvalue weighted by atomic mass is 16.5. The normalized spacial score (nSPS) is 11.5. The molecule has 0 aliphatic carbocycles. The zero-order valence-electron chi connectivity index (χ0n) is 10.3. The maximum Gasteiger partial charge on any atom is 0.213 e. The molecule has 0 N–H and O–H groups in total. The first kappa shape index (κ1) is 12.0. The molecule has 1 heterocycles. The van der Waals surface area contributed by atoms with Crippen LogP contribution in [-0.4, -0.2) is 12.1 Å². The molecule has 0 saturated heterocycles. The van der Waals surface area contributed by atoms with E-state index in [4.69, 9.17) is 4.74 Å². The molecule has 2 nitrogen and oxygen atoms in total. The average Bonchev–Trinajstić information content (AvgIpc) is 2.17. The minimum absolute atomic E-state index is 0.500. The fourth-order valence-corrected chi connectivity index (χ4v) is 2.18. The molecule has 0 amide bonds. The number of nitrogens with zero attached hydrogens (tertiary/aromatic N) is 1. The van der Waals surface area contributed by atoms with E-state index >= 15 is 0 Å². The van der Waals surface area contributed by atoms with Gasteiger partial charge in [-0.3, -0.25) is 0 Å². The van der Waals surface area contributed by atoms with Gasteiger partial charge in [0.2, 0.25) is 5.88 Å². The maximum atomic E-state index is 5.15. The molecule has 15 heavy (non-hydrogen) atoms. The Balaban J connectivity index is 3.00. The van der Waals surface area contributed by atoms with Crippen molar-refractivity contribution in [2.24, 2.45) is 11.8 Å². The van der Waals surface area contributed by atoms with Crippen LogP contribution in [0.25, 0.3) is 0 Å². The predicted molar refractivity (Wildman–Crippen MR) is 63.2 cm³/mol. The molecule has 0 spiro atoms. The molecule has 0 aliphatic rings. The minimum Gasteiger partial charge on any atom is -0.481 e. The van der Waals surface area contributed by atoms with Gasteiger partial charge in [-0.05, 0) is 17.9 Å². The van der Waals surface area contributed by atoms with Crippen LogP contribution in [0.2, 0.25) is 0 Å². The Hall–Kier alpha value is -1.05. The summed E-state index contributed by atoms with van der Waals surface area (Å²) in [6.45, 7) is 8.97. The van der Waals surface area contributed by atoms with Gasteiger partial charge in [0.15, 0.2) is 0 Å². The van der Waals surface area contributed by atoms with Crippen LogP contribution in [0.5, 0.6) is 5.88 Å². The molecule has 0 radical (unpaired) electrons. The van der Waals surface area contributed by atoms with Gasteiger partial charge in [-0.1, -0.05) is 33.8 Å². The Bertz CT molecular complexity index is 299. The number of hydrogen-bond donors (Lipinski definition) is 0. The highest BCUT2D eigenvalue weighted by Gasteiger charge is 2.21. The molecule has 2 heteroatoms. The van der Waals surface area contributed by atoms with E-state index in [2.05, 4.69) is 38.7 Å². The Kier molecular flexibility index (Phi) is 4.13. The van der Waals surface area contributed by atoms with Crippen molar-refractivity contribution in [2.75, 3.05) is 7.11 Å². The van der Waals surface area contributed by atoms with E-state index in [1.165, 1.54) is 0 Å². The third-order valence-electron chi connectivity index (χ3n) is 2.73. The van der Waals surface area contributed by atoms with E-state index in [-0.39, 0.29) is 0 Å². The van der Waals surface area contributed by atoms with Gasteiger partial charge < -0.3 is 4.74 Å². The van der Waals surface area contributed by atoms with Gasteiger partial charge in [0.1, 0.15) is 0 Å². The molecule has 0 aromatic carbocycles. The largest absolute Gasteiger partial charge is 0.481 e. The average molecular weight is 207 g/mol. The van der Waals surface area contributed by atoms with Crippen molar-refractivity contribution < 1.29 is 4.74 Å². The second-order valence-corrected chi connectivity index (χ2v) is 4.62. The SMILES string of the molecule is COc1cccc(C(C(C)C)C(C)C)n1. The molecule has 0 fully saturated rings. The number of pyridine rings is 1. The summed E-state index contributed by atoms with van der Waals surface area (Å²) in [4.78, 5) is 4.51. The quantitative estimate of drug-likeness (QED) is 0.754. The highest BCUT2D eigenvalue weighted by Crippen LogP contribution is 2.31. The van der Waals surface area contributed by atoms with Crippen LogP contribution in [-0.2, 0) is 0 Å². The van der Waals surface area contributed by atoms with Gasteiger partial charge in [-0.25, -0.2) is 4.98 Å². The second kappa shape index (κ2) is 5.15. The van der Waals surface area contributed by atoms with Crippen molar-refractivity contribution in [3.8, 4) is 5.88 Å². The maximum absolute atomic E-state index is 5.15. The van der Waals surface area contributed by atoms with Crippen LogP contribution >= 0.6 is 0 Å². The summed E-state index contributed by atoms with van der Waals surface area (Å²) in [6.07, 6.45) is 0. The molecule has 1 rings (SSSR count). The van der Waals surface area contributed by atoms with Crippen LogP contribution in [0.15, 0.2) is 18.2 Å². The Morgan fingerprint density at radius 1 is 1.07 bits per heavy atom. The van der Waals surface area contributed by atoms with Crippen molar-refractivity contribution in [2.45, 2.75) is 33.6 Å². The predicted octanol–water partition coefficient (Wildman–Crippen LogP) is 3.49. The lowest BCUT2D eigenvalue weighted by Crippen LogP contribution is -2.15. The van der Waals surface area contributed by atoms with Gasteiger partial charge in [0.05, 0.1) is 7.11 Å². The Labute approximate surface area is 92.7 Å². The smallest absolute Gasteiger partial charge is 0.213 e. The summed E-state index contributed by atoms with van der Waals surface area (Å²) in [5.74, 6) is 2.41. The van der Waals surface area contributed by atoms with Gasteiger partial charge in [-0.2, -0.15) is 0 Å². The van der Waals surface area contributed by atoms with E-state index in [1.807, 2.05) is 12.1 Å². The van der Waals surface area contributed by atoms with Gasteiger partial charge in [0, 0.05) is 17.7 Å². The van der Waals surface area contributed by atoms with Crippen molar-refractivity contribution >= 4 is 0 Å². The van der Waals surface area contributed by atoms with Crippen LogP contribution < -0.4 is 4.74 Å². The third kappa shape index (κ3) is 2.95. The lowest BCUT2D eigenvalue weighted by atomic mass is 9.83. The summed E-state index contributed by atoms with van der Waals surface area (Å²) < 4.78 is 5.15. The zero-order chi connectivity index (χ0) is 11.4. The van der Waals surface area contributed by atoms with Gasteiger partial charge >= 0.3 is 0 Å². The number of ether oxygens (including phenoxy) is 1. The molecular formula is C13H21NO. The standard InChI is InChI=1S/C13H21NO/c1-9(2)13(10(3)4)11-7-6-8-12(14-11)15-5/h6-10,13H,1-5H3. The topological polar surface area (TPSA) is 22.1 Å². The lowest BCUT2D eigenvalue weighted by Gasteiger charge is -2.24. The first-order valence-corrected chi connectivity index (χ1v) is 5.57. The number of rotatable bonds is 4. The summed E-state index contributed by atoms with van der Waals surface area (Å²) in [6, 6.07) is 5.99. The molecule has 0 unspecified atom stereocenters. The van der Waals surface area contributed by atoms with Crippen molar-refractivity contribution in [3.05, 3.63) is 23.9 Å². The molecule has 84 valence electrons. The Morgan fingerprint density at radius 2 is 1.67 bits per heavy atom. The van der Waals surface area contributed by atoms with Crippen LogP contribution in [0.3, 0.4) is 0 Å². The van der Waals surface area contributed by atoms with Gasteiger partial charge in [0.25, 0.3) is 0 Å². The van der Waals surface area contributed by atoms with E-state index in [0.29, 0.717) is 23.6 Å². The molecule has 0 atom stereocenters.